The van der Waals surface area contributed by atoms with E-state index in [0.29, 0.717) is 12.2 Å². The van der Waals surface area contributed by atoms with Gasteiger partial charge in [0.1, 0.15) is 11.5 Å². The van der Waals surface area contributed by atoms with Gasteiger partial charge in [0.25, 0.3) is 5.91 Å². The lowest BCUT2D eigenvalue weighted by Gasteiger charge is -1.88. The summed E-state index contributed by atoms with van der Waals surface area (Å²) in [4.78, 5) is 17.0. The highest BCUT2D eigenvalue weighted by atomic mass is 16.3. The number of nitrogens with one attached hydrogen (secondary N) is 1. The number of aliphatic hydroxyl groups is 1. The number of primary amides is 1. The summed E-state index contributed by atoms with van der Waals surface area (Å²) in [6.07, 6.45) is 1.76. The highest BCUT2D eigenvalue weighted by Gasteiger charge is 2.03. The van der Waals surface area contributed by atoms with Crippen LogP contribution in [0, 0.1) is 0 Å². The SMILES string of the molecule is NC(=O)c1cnc(CCO)[nH]1. The van der Waals surface area contributed by atoms with Gasteiger partial charge in [0.2, 0.25) is 0 Å². The molecule has 11 heavy (non-hydrogen) atoms. The number of aliphatic hydroxyl groups excluding tert-OH is 1. The fourth-order valence-corrected chi connectivity index (χ4v) is 0.721. The quantitative estimate of drug-likeness (QED) is 0.525. The fourth-order valence-electron chi connectivity index (χ4n) is 0.721. The van der Waals surface area contributed by atoms with Gasteiger partial charge in [-0.05, 0) is 0 Å². The molecule has 1 heterocycles. The molecule has 0 aliphatic rings. The first-order valence-corrected chi connectivity index (χ1v) is 3.18. The van der Waals surface area contributed by atoms with Crippen molar-refractivity contribution in [2.75, 3.05) is 6.61 Å². The molecule has 0 unspecified atom stereocenters. The zero-order chi connectivity index (χ0) is 8.27. The second-order valence-corrected chi connectivity index (χ2v) is 2.08. The van der Waals surface area contributed by atoms with Crippen LogP contribution in [0.2, 0.25) is 0 Å². The highest BCUT2D eigenvalue weighted by Crippen LogP contribution is 1.95. The van der Waals surface area contributed by atoms with Crippen molar-refractivity contribution < 1.29 is 9.90 Å². The maximum Gasteiger partial charge on any atom is 0.266 e. The van der Waals surface area contributed by atoms with Crippen molar-refractivity contribution in [1.82, 2.24) is 9.97 Å². The molecule has 4 N–H and O–H groups in total. The zero-order valence-corrected chi connectivity index (χ0v) is 5.87. The van der Waals surface area contributed by atoms with E-state index >= 15 is 0 Å². The number of hydrogen-bond acceptors (Lipinski definition) is 3. The largest absolute Gasteiger partial charge is 0.396 e. The molecule has 0 aromatic carbocycles. The number of carbonyl (C=O) groups is 1. The van der Waals surface area contributed by atoms with E-state index in [1.807, 2.05) is 0 Å². The Morgan fingerprint density at radius 3 is 3.00 bits per heavy atom. The summed E-state index contributed by atoms with van der Waals surface area (Å²) in [5.74, 6) is 0.0305. The third-order valence-corrected chi connectivity index (χ3v) is 1.24. The van der Waals surface area contributed by atoms with E-state index in [1.165, 1.54) is 6.20 Å². The second kappa shape index (κ2) is 3.16. The Hall–Kier alpha value is -1.36. The number of aromatic nitrogens is 2. The third-order valence-electron chi connectivity index (χ3n) is 1.24. The summed E-state index contributed by atoms with van der Waals surface area (Å²) in [5.41, 5.74) is 5.22. The first kappa shape index (κ1) is 7.74. The third kappa shape index (κ3) is 1.78. The minimum Gasteiger partial charge on any atom is -0.396 e. The van der Waals surface area contributed by atoms with Gasteiger partial charge >= 0.3 is 0 Å². The summed E-state index contributed by atoms with van der Waals surface area (Å²) in [7, 11) is 0. The van der Waals surface area contributed by atoms with Gasteiger partial charge in [-0.15, -0.1) is 0 Å². The molecule has 0 aliphatic carbocycles. The molecular formula is C6H9N3O2. The Bertz CT molecular complexity index is 256. The van der Waals surface area contributed by atoms with E-state index in [4.69, 9.17) is 10.8 Å². The van der Waals surface area contributed by atoms with Crippen LogP contribution in [0.15, 0.2) is 6.20 Å². The van der Waals surface area contributed by atoms with Crippen LogP contribution in [-0.2, 0) is 6.42 Å². The van der Waals surface area contributed by atoms with Crippen molar-refractivity contribution >= 4 is 5.91 Å². The van der Waals surface area contributed by atoms with Crippen LogP contribution < -0.4 is 5.73 Å². The lowest BCUT2D eigenvalue weighted by Crippen LogP contribution is -2.11. The molecule has 1 aromatic rings. The predicted molar refractivity (Wildman–Crippen MR) is 37.9 cm³/mol. The van der Waals surface area contributed by atoms with Crippen LogP contribution in [0.3, 0.4) is 0 Å². The van der Waals surface area contributed by atoms with Crippen LogP contribution in [0.5, 0.6) is 0 Å². The summed E-state index contributed by atoms with van der Waals surface area (Å²) >= 11 is 0. The lowest BCUT2D eigenvalue weighted by molar-refractivity contribution is 0.0996. The topological polar surface area (TPSA) is 92.0 Å². The average Bonchev–Trinajstić information content (AvgIpc) is 2.37. The smallest absolute Gasteiger partial charge is 0.266 e. The van der Waals surface area contributed by atoms with Crippen molar-refractivity contribution in [3.63, 3.8) is 0 Å². The molecule has 0 spiro atoms. The number of nitrogens with zero attached hydrogens (tertiary/aromatic N) is 1. The van der Waals surface area contributed by atoms with E-state index in [9.17, 15) is 4.79 Å². The molecule has 0 bridgehead atoms. The second-order valence-electron chi connectivity index (χ2n) is 2.08. The number of carbonyl (C=O) groups excluding carboxylic acids is 1. The number of aromatic amines is 1. The average molecular weight is 155 g/mol. The summed E-state index contributed by atoms with van der Waals surface area (Å²) in [6.45, 7) is 0.00567. The number of hydrogen-bond donors (Lipinski definition) is 3. The van der Waals surface area contributed by atoms with E-state index in [1.54, 1.807) is 0 Å². The Morgan fingerprint density at radius 1 is 1.82 bits per heavy atom. The summed E-state index contributed by atoms with van der Waals surface area (Å²) < 4.78 is 0. The number of nitrogens with two attached hydrogens (primary N) is 1. The molecule has 5 nitrogen and oxygen atoms in total. The fraction of sp³-hybridized carbons (Fsp3) is 0.333. The van der Waals surface area contributed by atoms with Crippen LogP contribution in [0.25, 0.3) is 0 Å². The van der Waals surface area contributed by atoms with Gasteiger partial charge in [0.15, 0.2) is 0 Å². The van der Waals surface area contributed by atoms with Gasteiger partial charge in [-0.2, -0.15) is 0 Å². The molecule has 60 valence electrons. The van der Waals surface area contributed by atoms with Gasteiger partial charge in [-0.25, -0.2) is 4.98 Å². The molecule has 0 fully saturated rings. The Kier molecular flexibility index (Phi) is 2.22. The number of amides is 1. The molecule has 1 aromatic heterocycles. The maximum atomic E-state index is 10.5. The Balaban J connectivity index is 2.73. The van der Waals surface area contributed by atoms with E-state index in [0.717, 1.165) is 0 Å². The molecule has 5 heteroatoms. The Morgan fingerprint density at radius 2 is 2.55 bits per heavy atom. The van der Waals surface area contributed by atoms with E-state index in [2.05, 4.69) is 9.97 Å². The van der Waals surface area contributed by atoms with Crippen molar-refractivity contribution in [3.05, 3.63) is 17.7 Å². The molecule has 0 atom stereocenters. The normalized spacial score (nSPS) is 9.91. The molecule has 0 radical (unpaired) electrons. The minimum absolute atomic E-state index is 0.00567. The van der Waals surface area contributed by atoms with Crippen LogP contribution >= 0.6 is 0 Å². The lowest BCUT2D eigenvalue weighted by atomic mass is 10.4. The first-order valence-electron chi connectivity index (χ1n) is 3.18. The van der Waals surface area contributed by atoms with Gasteiger partial charge in [-0.3, -0.25) is 4.79 Å². The van der Waals surface area contributed by atoms with Crippen molar-refractivity contribution in [3.8, 4) is 0 Å². The molecule has 1 rings (SSSR count). The molecule has 0 saturated heterocycles. The predicted octanol–water partition coefficient (Wildman–Crippen LogP) is -0.957. The number of H-pyrrole nitrogens is 1. The molecular weight excluding hydrogens is 146 g/mol. The Labute approximate surface area is 63.3 Å². The minimum atomic E-state index is -0.540. The van der Waals surface area contributed by atoms with E-state index in [-0.39, 0.29) is 12.3 Å². The highest BCUT2D eigenvalue weighted by molar-refractivity contribution is 5.90. The summed E-state index contributed by atoms with van der Waals surface area (Å²) in [5, 5.41) is 8.49. The maximum absolute atomic E-state index is 10.5. The first-order chi connectivity index (χ1) is 5.24. The molecule has 1 amide bonds. The van der Waals surface area contributed by atoms with Crippen molar-refractivity contribution in [1.29, 1.82) is 0 Å². The van der Waals surface area contributed by atoms with Crippen LogP contribution in [-0.4, -0.2) is 27.6 Å². The zero-order valence-electron chi connectivity index (χ0n) is 5.87. The summed E-state index contributed by atoms with van der Waals surface area (Å²) in [6, 6.07) is 0. The monoisotopic (exact) mass is 155 g/mol. The standard InChI is InChI=1S/C6H9N3O2/c7-6(11)4-3-8-5(9-4)1-2-10/h3,10H,1-2H2,(H2,7,11)(H,8,9). The van der Waals surface area contributed by atoms with Crippen molar-refractivity contribution in [2.24, 2.45) is 5.73 Å². The van der Waals surface area contributed by atoms with Gasteiger partial charge in [0, 0.05) is 6.42 Å². The molecule has 0 saturated carbocycles. The van der Waals surface area contributed by atoms with E-state index < -0.39 is 5.91 Å². The van der Waals surface area contributed by atoms with Gasteiger partial charge in [0.05, 0.1) is 12.8 Å². The van der Waals surface area contributed by atoms with Gasteiger partial charge < -0.3 is 15.8 Å². The molecule has 0 aliphatic heterocycles. The number of imidazole rings is 1. The van der Waals surface area contributed by atoms with Crippen LogP contribution in [0.4, 0.5) is 0 Å². The van der Waals surface area contributed by atoms with Gasteiger partial charge in [-0.1, -0.05) is 0 Å². The van der Waals surface area contributed by atoms with Crippen molar-refractivity contribution in [2.45, 2.75) is 6.42 Å². The number of rotatable bonds is 3. The van der Waals surface area contributed by atoms with Crippen LogP contribution in [0.1, 0.15) is 16.3 Å².